The van der Waals surface area contributed by atoms with E-state index in [1.807, 2.05) is 18.2 Å². The van der Waals surface area contributed by atoms with Gasteiger partial charge in [-0.3, -0.25) is 15.7 Å². The summed E-state index contributed by atoms with van der Waals surface area (Å²) >= 11 is 0. The Bertz CT molecular complexity index is 1460. The minimum absolute atomic E-state index is 0.0100. The summed E-state index contributed by atoms with van der Waals surface area (Å²) in [4.78, 5) is 32.8. The summed E-state index contributed by atoms with van der Waals surface area (Å²) in [6.45, 7) is 8.61. The van der Waals surface area contributed by atoms with E-state index in [4.69, 9.17) is 20.1 Å². The van der Waals surface area contributed by atoms with Gasteiger partial charge in [0.15, 0.2) is 23.1 Å². The number of rotatable bonds is 9. The van der Waals surface area contributed by atoms with Crippen LogP contribution in [-0.4, -0.2) is 67.3 Å². The second-order valence-electron chi connectivity index (χ2n) is 12.1. The van der Waals surface area contributed by atoms with Crippen LogP contribution in [0, 0.1) is 23.2 Å². The van der Waals surface area contributed by atoms with Crippen LogP contribution in [-0.2, 0) is 11.3 Å². The van der Waals surface area contributed by atoms with E-state index >= 15 is 0 Å². The van der Waals surface area contributed by atoms with Crippen molar-refractivity contribution in [1.29, 1.82) is 5.41 Å². The van der Waals surface area contributed by atoms with Crippen LogP contribution in [0.5, 0.6) is 0 Å². The molecule has 1 saturated heterocycles. The van der Waals surface area contributed by atoms with E-state index in [0.29, 0.717) is 49.0 Å². The molecule has 4 heterocycles. The first kappa shape index (κ1) is 29.0. The van der Waals surface area contributed by atoms with Crippen molar-refractivity contribution in [3.05, 3.63) is 48.6 Å². The lowest BCUT2D eigenvalue weighted by Gasteiger charge is -2.37. The van der Waals surface area contributed by atoms with Crippen molar-refractivity contribution >= 4 is 34.9 Å². The van der Waals surface area contributed by atoms with Crippen LogP contribution < -0.4 is 15.5 Å². The van der Waals surface area contributed by atoms with Gasteiger partial charge in [0.25, 0.3) is 0 Å². The molecule has 3 aromatic rings. The molecule has 6 rings (SSSR count). The van der Waals surface area contributed by atoms with Gasteiger partial charge in [0.05, 0.1) is 24.9 Å². The Balaban J connectivity index is 1.48. The number of nitrogens with one attached hydrogen (secondary N) is 3. The van der Waals surface area contributed by atoms with Crippen LogP contribution in [0.3, 0.4) is 0 Å². The molecular weight excluding hydrogens is 546 g/mol. The van der Waals surface area contributed by atoms with Crippen molar-refractivity contribution in [1.82, 2.24) is 29.8 Å². The predicted octanol–water partition coefficient (Wildman–Crippen LogP) is 4.99. The summed E-state index contributed by atoms with van der Waals surface area (Å²) in [5.74, 6) is 2.49. The molecule has 2 aliphatic carbocycles. The molecule has 3 fully saturated rings. The molecule has 1 amide bonds. The van der Waals surface area contributed by atoms with Gasteiger partial charge >= 0.3 is 6.09 Å². The molecule has 12 heteroatoms. The third-order valence-corrected chi connectivity index (χ3v) is 9.34. The normalized spacial score (nSPS) is 23.4. The summed E-state index contributed by atoms with van der Waals surface area (Å²) in [6, 6.07) is 5.93. The number of imidazole rings is 1. The number of nitrogens with zero attached hydrogens (tertiary/aromatic N) is 6. The van der Waals surface area contributed by atoms with E-state index in [1.54, 1.807) is 6.20 Å². The molecule has 3 aliphatic rings. The predicted molar refractivity (Wildman–Crippen MR) is 165 cm³/mol. The van der Waals surface area contributed by atoms with Crippen molar-refractivity contribution in [3.8, 4) is 0 Å². The third kappa shape index (κ3) is 6.20. The van der Waals surface area contributed by atoms with Gasteiger partial charge in [-0.2, -0.15) is 4.98 Å². The maximum absolute atomic E-state index is 11.4. The van der Waals surface area contributed by atoms with Gasteiger partial charge in [0.1, 0.15) is 5.52 Å². The zero-order chi connectivity index (χ0) is 29.9. The quantitative estimate of drug-likeness (QED) is 0.154. The second kappa shape index (κ2) is 12.7. The van der Waals surface area contributed by atoms with Crippen LogP contribution in [0.4, 0.5) is 16.6 Å². The number of carboxylic acid groups (broad SMARTS) is 1. The van der Waals surface area contributed by atoms with Crippen LogP contribution in [0.15, 0.2) is 37.1 Å². The first-order valence-corrected chi connectivity index (χ1v) is 15.4. The maximum Gasteiger partial charge on any atom is 0.410 e. The number of hydrogen-bond donors (Lipinski definition) is 4. The fraction of sp³-hybridized carbons (Fsp3) is 0.548. The lowest BCUT2D eigenvalue weighted by atomic mass is 9.80. The van der Waals surface area contributed by atoms with Crippen molar-refractivity contribution < 1.29 is 14.6 Å². The maximum atomic E-state index is 11.4. The number of carbonyl (C=O) groups is 1. The molecular formula is C31H41N9O3. The largest absolute Gasteiger partial charge is 0.465 e. The number of amides is 1. The Morgan fingerprint density at radius 2 is 2.02 bits per heavy atom. The molecule has 0 radical (unpaired) electrons. The Morgan fingerprint density at radius 1 is 1.21 bits per heavy atom. The zero-order valence-electron chi connectivity index (χ0n) is 24.7. The van der Waals surface area contributed by atoms with Crippen molar-refractivity contribution in [2.75, 3.05) is 30.0 Å². The highest BCUT2D eigenvalue weighted by Crippen LogP contribution is 2.38. The lowest BCUT2D eigenvalue weighted by Crippen LogP contribution is -2.41. The van der Waals surface area contributed by atoms with Crippen molar-refractivity contribution in [2.24, 2.45) is 17.8 Å². The Morgan fingerprint density at radius 3 is 2.70 bits per heavy atom. The summed E-state index contributed by atoms with van der Waals surface area (Å²) < 4.78 is 8.18. The molecule has 3 aromatic heterocycles. The van der Waals surface area contributed by atoms with Gasteiger partial charge in [0.2, 0.25) is 5.95 Å². The van der Waals surface area contributed by atoms with Crippen LogP contribution >= 0.6 is 0 Å². The zero-order valence-corrected chi connectivity index (χ0v) is 24.7. The van der Waals surface area contributed by atoms with Crippen LogP contribution in [0.2, 0.25) is 0 Å². The smallest absolute Gasteiger partial charge is 0.410 e. The number of aromatic nitrogens is 5. The van der Waals surface area contributed by atoms with E-state index in [1.165, 1.54) is 6.42 Å². The lowest BCUT2D eigenvalue weighted by molar-refractivity contribution is 0.0916. The third-order valence-electron chi connectivity index (χ3n) is 9.34. The number of allylic oxidation sites excluding steroid dienone is 1. The first-order chi connectivity index (χ1) is 20.9. The number of fused-ring (bicyclic) bond motifs is 1. The van der Waals surface area contributed by atoms with Gasteiger partial charge in [-0.25, -0.2) is 14.8 Å². The van der Waals surface area contributed by atoms with Crippen molar-refractivity contribution in [3.63, 3.8) is 0 Å². The van der Waals surface area contributed by atoms with Gasteiger partial charge in [0, 0.05) is 25.3 Å². The van der Waals surface area contributed by atoms with Crippen LogP contribution in [0.25, 0.3) is 11.2 Å². The van der Waals surface area contributed by atoms with Gasteiger partial charge in [-0.05, 0) is 75.3 Å². The molecule has 12 nitrogen and oxygen atoms in total. The molecule has 2 atom stereocenters. The molecule has 0 spiro atoms. The molecule has 228 valence electrons. The van der Waals surface area contributed by atoms with Crippen LogP contribution in [0.1, 0.15) is 69.4 Å². The fourth-order valence-electron chi connectivity index (χ4n) is 6.59. The summed E-state index contributed by atoms with van der Waals surface area (Å²) in [7, 11) is 0. The molecule has 43 heavy (non-hydrogen) atoms. The molecule has 1 aliphatic heterocycles. The molecule has 4 N–H and O–H groups in total. The number of pyridine rings is 1. The van der Waals surface area contributed by atoms with Gasteiger partial charge < -0.3 is 24.6 Å². The summed E-state index contributed by atoms with van der Waals surface area (Å²) in [5.41, 5.74) is 2.12. The molecule has 0 unspecified atom stereocenters. The first-order valence-electron chi connectivity index (χ1n) is 15.4. The van der Waals surface area contributed by atoms with E-state index in [-0.39, 0.29) is 23.7 Å². The minimum atomic E-state index is -1.33. The average molecular weight is 588 g/mol. The number of morpholine rings is 1. The van der Waals surface area contributed by atoms with E-state index in [0.717, 1.165) is 62.2 Å². The number of ether oxygens (including phenoxy) is 1. The molecule has 0 aromatic carbocycles. The second-order valence-corrected chi connectivity index (χ2v) is 12.1. The molecule has 2 saturated carbocycles. The van der Waals surface area contributed by atoms with E-state index < -0.39 is 6.09 Å². The standard InChI is InChI=1S/C31H41N9O3/c1-3-20-10-12-21(13-11-20)17-40-25-27(34-19(2)22-7-6-8-22)36-29(26(32)35-31(41)42)37-28(25)38-30(40)39-15-16-43-18-24(39)23-9-4-5-14-33-23/h3-5,9,14,19-22,24H,1,6-8,10-13,15-18H2,2H3,(H2,32,35)(H,41,42)(H,34,36,37)/t19-,20?,21?,24+/m1/s1. The fourth-order valence-corrected chi connectivity index (χ4v) is 6.59. The number of amidine groups is 1. The Hall–Kier alpha value is -4.06. The monoisotopic (exact) mass is 587 g/mol. The Kier molecular flexibility index (Phi) is 8.55. The van der Waals surface area contributed by atoms with Gasteiger partial charge in [-0.15, -0.1) is 6.58 Å². The number of hydrogen-bond acceptors (Lipinski definition) is 9. The van der Waals surface area contributed by atoms with Gasteiger partial charge in [-0.1, -0.05) is 18.6 Å². The summed E-state index contributed by atoms with van der Waals surface area (Å²) in [6.07, 6.45) is 10.5. The van der Waals surface area contributed by atoms with Crippen molar-refractivity contribution in [2.45, 2.75) is 70.5 Å². The minimum Gasteiger partial charge on any atom is -0.465 e. The Labute approximate surface area is 251 Å². The van der Waals surface area contributed by atoms with E-state index in [2.05, 4.69) is 49.6 Å². The highest BCUT2D eigenvalue weighted by molar-refractivity contribution is 6.03. The average Bonchev–Trinajstić information content (AvgIpc) is 3.35. The molecule has 0 bridgehead atoms. The topological polar surface area (TPSA) is 154 Å². The highest BCUT2D eigenvalue weighted by atomic mass is 16.5. The van der Waals surface area contributed by atoms with E-state index in [9.17, 15) is 9.90 Å². The SMILES string of the molecule is C=CC1CCC(Cn2c(N3CCOC[C@H]3c3ccccn3)nc3nc(C(=N)NC(=O)O)nc(N[C@H](C)C4CCC4)c32)CC1. The highest BCUT2D eigenvalue weighted by Gasteiger charge is 2.33. The number of anilines is 2. The summed E-state index contributed by atoms with van der Waals surface area (Å²) in [5, 5.41) is 23.4.